The first-order valence-corrected chi connectivity index (χ1v) is 7.37. The molecule has 1 aromatic carbocycles. The maximum Gasteiger partial charge on any atom is 0.168 e. The van der Waals surface area contributed by atoms with Gasteiger partial charge in [-0.3, -0.25) is 4.79 Å². The van der Waals surface area contributed by atoms with Crippen LogP contribution in [0, 0.1) is 12.8 Å². The van der Waals surface area contributed by atoms with E-state index in [1.807, 2.05) is 6.20 Å². The molecule has 2 heteroatoms. The maximum atomic E-state index is 12.7. The van der Waals surface area contributed by atoms with Crippen molar-refractivity contribution in [1.82, 2.24) is 4.98 Å². The average Bonchev–Trinajstić information content (AvgIpc) is 2.64. The van der Waals surface area contributed by atoms with Crippen molar-refractivity contribution >= 4 is 16.7 Å². The predicted octanol–water partition coefficient (Wildman–Crippen LogP) is 4.63. The molecule has 0 saturated heterocycles. The van der Waals surface area contributed by atoms with Gasteiger partial charge in [0.1, 0.15) is 0 Å². The summed E-state index contributed by atoms with van der Waals surface area (Å²) in [6.45, 7) is 2.08. The van der Waals surface area contributed by atoms with Crippen LogP contribution in [0.3, 0.4) is 0 Å². The van der Waals surface area contributed by atoms with Crippen LogP contribution in [0.15, 0.2) is 24.4 Å². The molecular formula is C17H21NO. The summed E-state index contributed by atoms with van der Waals surface area (Å²) in [5.41, 5.74) is 3.18. The zero-order chi connectivity index (χ0) is 13.2. The number of aromatic amines is 1. The largest absolute Gasteiger partial charge is 0.360 e. The number of Topliss-reactive ketones (excluding diaryl/α,β-unsaturated/α-hetero) is 1. The van der Waals surface area contributed by atoms with E-state index < -0.39 is 0 Å². The number of H-pyrrole nitrogens is 1. The van der Waals surface area contributed by atoms with Gasteiger partial charge in [0.05, 0.1) is 0 Å². The van der Waals surface area contributed by atoms with Crippen LogP contribution in [0.25, 0.3) is 10.9 Å². The number of fused-ring (bicyclic) bond motifs is 1. The molecule has 2 nitrogen and oxygen atoms in total. The van der Waals surface area contributed by atoms with Crippen molar-refractivity contribution < 1.29 is 4.79 Å². The first-order chi connectivity index (χ1) is 9.25. The fourth-order valence-corrected chi connectivity index (χ4v) is 3.20. The van der Waals surface area contributed by atoms with Gasteiger partial charge in [-0.1, -0.05) is 37.3 Å². The van der Waals surface area contributed by atoms with Crippen molar-refractivity contribution in [1.29, 1.82) is 0 Å². The molecule has 0 atom stereocenters. The molecule has 1 fully saturated rings. The van der Waals surface area contributed by atoms with E-state index in [2.05, 4.69) is 30.1 Å². The lowest BCUT2D eigenvalue weighted by molar-refractivity contribution is 0.0909. The highest BCUT2D eigenvalue weighted by Crippen LogP contribution is 2.29. The molecule has 3 rings (SSSR count). The van der Waals surface area contributed by atoms with Gasteiger partial charge in [-0.05, 0) is 31.9 Å². The Morgan fingerprint density at radius 2 is 1.89 bits per heavy atom. The van der Waals surface area contributed by atoms with Gasteiger partial charge < -0.3 is 4.98 Å². The van der Waals surface area contributed by atoms with Crippen molar-refractivity contribution in [3.8, 4) is 0 Å². The number of carbonyl (C=O) groups excluding carboxylic acids is 1. The summed E-state index contributed by atoms with van der Waals surface area (Å²) in [6, 6.07) is 6.27. The Hall–Kier alpha value is -1.57. The highest BCUT2D eigenvalue weighted by Gasteiger charge is 2.23. The molecule has 19 heavy (non-hydrogen) atoms. The first kappa shape index (κ1) is 12.5. The number of benzene rings is 1. The van der Waals surface area contributed by atoms with E-state index in [1.54, 1.807) is 0 Å². The fourth-order valence-electron chi connectivity index (χ4n) is 3.20. The third kappa shape index (κ3) is 2.44. The zero-order valence-electron chi connectivity index (χ0n) is 11.5. The Bertz CT molecular complexity index is 588. The van der Waals surface area contributed by atoms with E-state index in [9.17, 15) is 4.79 Å². The van der Waals surface area contributed by atoms with E-state index in [1.165, 1.54) is 31.2 Å². The minimum Gasteiger partial charge on any atom is -0.360 e. The molecule has 1 heterocycles. The summed E-state index contributed by atoms with van der Waals surface area (Å²) in [7, 11) is 0. The summed E-state index contributed by atoms with van der Waals surface area (Å²) in [6.07, 6.45) is 9.02. The number of ketones is 1. The summed E-state index contributed by atoms with van der Waals surface area (Å²) in [5, 5.41) is 1.09. The lowest BCUT2D eigenvalue weighted by atomic mass is 9.91. The van der Waals surface area contributed by atoms with E-state index >= 15 is 0 Å². The number of aromatic nitrogens is 1. The SMILES string of the molecule is Cc1ccc2[nH]cc(C(=O)C3CCCCCC3)c2c1. The second-order valence-electron chi connectivity index (χ2n) is 5.80. The molecule has 0 bridgehead atoms. The van der Waals surface area contributed by atoms with Crippen LogP contribution in [-0.4, -0.2) is 10.8 Å². The Morgan fingerprint density at radius 1 is 1.16 bits per heavy atom. The quantitative estimate of drug-likeness (QED) is 0.616. The molecule has 1 aromatic heterocycles. The van der Waals surface area contributed by atoms with Crippen molar-refractivity contribution in [2.24, 2.45) is 5.92 Å². The summed E-state index contributed by atoms with van der Waals surface area (Å²) < 4.78 is 0. The highest BCUT2D eigenvalue weighted by molar-refractivity contribution is 6.09. The highest BCUT2D eigenvalue weighted by atomic mass is 16.1. The Balaban J connectivity index is 1.94. The van der Waals surface area contributed by atoms with Gasteiger partial charge in [0.25, 0.3) is 0 Å². The van der Waals surface area contributed by atoms with E-state index in [-0.39, 0.29) is 5.92 Å². The molecular weight excluding hydrogens is 234 g/mol. The van der Waals surface area contributed by atoms with Gasteiger partial charge in [0.2, 0.25) is 0 Å². The Kier molecular flexibility index (Phi) is 3.41. The third-order valence-corrected chi connectivity index (χ3v) is 4.33. The molecule has 0 aliphatic heterocycles. The van der Waals surface area contributed by atoms with Gasteiger partial charge in [-0.2, -0.15) is 0 Å². The second-order valence-corrected chi connectivity index (χ2v) is 5.80. The van der Waals surface area contributed by atoms with Crippen LogP contribution in [0.1, 0.15) is 54.4 Å². The number of hydrogen-bond donors (Lipinski definition) is 1. The lowest BCUT2D eigenvalue weighted by Gasteiger charge is -2.11. The minimum atomic E-state index is 0.238. The summed E-state index contributed by atoms with van der Waals surface area (Å²) in [5.74, 6) is 0.584. The van der Waals surface area contributed by atoms with Crippen LogP contribution in [0.4, 0.5) is 0 Å². The van der Waals surface area contributed by atoms with Crippen LogP contribution < -0.4 is 0 Å². The summed E-state index contributed by atoms with van der Waals surface area (Å²) in [4.78, 5) is 15.9. The Morgan fingerprint density at radius 3 is 2.63 bits per heavy atom. The van der Waals surface area contributed by atoms with Crippen LogP contribution in [0.5, 0.6) is 0 Å². The number of carbonyl (C=O) groups is 1. The first-order valence-electron chi connectivity index (χ1n) is 7.37. The van der Waals surface area contributed by atoms with E-state index in [0.717, 1.165) is 29.3 Å². The number of nitrogens with one attached hydrogen (secondary N) is 1. The molecule has 0 radical (unpaired) electrons. The van der Waals surface area contributed by atoms with Gasteiger partial charge >= 0.3 is 0 Å². The minimum absolute atomic E-state index is 0.238. The molecule has 2 aromatic rings. The van der Waals surface area contributed by atoms with Crippen molar-refractivity contribution in [2.45, 2.75) is 45.4 Å². The van der Waals surface area contributed by atoms with Crippen LogP contribution >= 0.6 is 0 Å². The van der Waals surface area contributed by atoms with E-state index in [4.69, 9.17) is 0 Å². The standard InChI is InChI=1S/C17H21NO/c1-12-8-9-16-14(10-12)15(11-18-16)17(19)13-6-4-2-3-5-7-13/h8-11,13,18H,2-7H2,1H3. The van der Waals surface area contributed by atoms with Gasteiger partial charge in [0.15, 0.2) is 5.78 Å². The maximum absolute atomic E-state index is 12.7. The molecule has 1 N–H and O–H groups in total. The van der Waals surface area contributed by atoms with Gasteiger partial charge in [0, 0.05) is 28.6 Å². The molecule has 1 aliphatic rings. The van der Waals surface area contributed by atoms with Crippen molar-refractivity contribution in [2.75, 3.05) is 0 Å². The topological polar surface area (TPSA) is 32.9 Å². The molecule has 0 unspecified atom stereocenters. The normalized spacial score (nSPS) is 17.5. The molecule has 1 aliphatic carbocycles. The molecule has 1 saturated carbocycles. The number of aryl methyl sites for hydroxylation is 1. The van der Waals surface area contributed by atoms with Gasteiger partial charge in [-0.25, -0.2) is 0 Å². The van der Waals surface area contributed by atoms with Crippen molar-refractivity contribution in [3.63, 3.8) is 0 Å². The fraction of sp³-hybridized carbons (Fsp3) is 0.471. The van der Waals surface area contributed by atoms with E-state index in [0.29, 0.717) is 5.78 Å². The zero-order valence-corrected chi connectivity index (χ0v) is 11.5. The molecule has 0 spiro atoms. The smallest absolute Gasteiger partial charge is 0.168 e. The Labute approximate surface area is 114 Å². The van der Waals surface area contributed by atoms with Gasteiger partial charge in [-0.15, -0.1) is 0 Å². The monoisotopic (exact) mass is 255 g/mol. The summed E-state index contributed by atoms with van der Waals surface area (Å²) >= 11 is 0. The number of hydrogen-bond acceptors (Lipinski definition) is 1. The third-order valence-electron chi connectivity index (χ3n) is 4.33. The van der Waals surface area contributed by atoms with Crippen LogP contribution in [-0.2, 0) is 0 Å². The van der Waals surface area contributed by atoms with Crippen molar-refractivity contribution in [3.05, 3.63) is 35.5 Å². The predicted molar refractivity (Wildman–Crippen MR) is 78.6 cm³/mol. The molecule has 100 valence electrons. The molecule has 0 amide bonds. The lowest BCUT2D eigenvalue weighted by Crippen LogP contribution is -2.13. The average molecular weight is 255 g/mol. The number of rotatable bonds is 2. The second kappa shape index (κ2) is 5.20. The van der Waals surface area contributed by atoms with Crippen LogP contribution in [0.2, 0.25) is 0 Å².